The molecule has 0 amide bonds. The van der Waals surface area contributed by atoms with Crippen LogP contribution in [0.15, 0.2) is 23.0 Å². The first-order valence-electron chi connectivity index (χ1n) is 6.01. The van der Waals surface area contributed by atoms with Gasteiger partial charge in [0.1, 0.15) is 12.4 Å². The highest BCUT2D eigenvalue weighted by Gasteiger charge is 2.08. The topological polar surface area (TPSA) is 36.2 Å². The molecule has 0 bridgehead atoms. The molecule has 5 heteroatoms. The van der Waals surface area contributed by atoms with E-state index in [0.29, 0.717) is 6.61 Å². The Balaban J connectivity index is 2.21. The standard InChI is InChI=1S/C14H17ClN2O2/c1-9-6-13(10(2)5-12(9)15)19-8-11-7-14(18)17(4)16(11)3/h5-7H,8H2,1-4H3. The van der Waals surface area contributed by atoms with E-state index in [1.165, 1.54) is 0 Å². The summed E-state index contributed by atoms with van der Waals surface area (Å²) >= 11 is 6.05. The zero-order valence-corrected chi connectivity index (χ0v) is 12.3. The monoisotopic (exact) mass is 280 g/mol. The zero-order chi connectivity index (χ0) is 14.2. The Labute approximate surface area is 117 Å². The van der Waals surface area contributed by atoms with Crippen molar-refractivity contribution in [1.29, 1.82) is 0 Å². The van der Waals surface area contributed by atoms with E-state index >= 15 is 0 Å². The van der Waals surface area contributed by atoms with E-state index in [2.05, 4.69) is 0 Å². The van der Waals surface area contributed by atoms with Crippen molar-refractivity contribution in [3.8, 4) is 5.75 Å². The molecule has 0 spiro atoms. The maximum atomic E-state index is 11.5. The Morgan fingerprint density at radius 3 is 2.37 bits per heavy atom. The van der Waals surface area contributed by atoms with Crippen LogP contribution in [0.3, 0.4) is 0 Å². The lowest BCUT2D eigenvalue weighted by atomic mass is 10.1. The van der Waals surface area contributed by atoms with Crippen molar-refractivity contribution < 1.29 is 4.74 Å². The second kappa shape index (κ2) is 5.13. The fraction of sp³-hybridized carbons (Fsp3) is 0.357. The van der Waals surface area contributed by atoms with Gasteiger partial charge in [0.15, 0.2) is 0 Å². The molecule has 0 unspecified atom stereocenters. The van der Waals surface area contributed by atoms with Crippen molar-refractivity contribution in [1.82, 2.24) is 9.36 Å². The van der Waals surface area contributed by atoms with E-state index in [4.69, 9.17) is 16.3 Å². The SMILES string of the molecule is Cc1cc(OCc2cc(=O)n(C)n2C)c(C)cc1Cl. The molecule has 19 heavy (non-hydrogen) atoms. The van der Waals surface area contributed by atoms with E-state index in [0.717, 1.165) is 27.6 Å². The molecule has 0 aliphatic heterocycles. The number of ether oxygens (including phenoxy) is 1. The lowest BCUT2D eigenvalue weighted by Gasteiger charge is -2.12. The molecule has 2 rings (SSSR count). The van der Waals surface area contributed by atoms with Crippen LogP contribution >= 0.6 is 11.6 Å². The molecule has 0 saturated heterocycles. The Hall–Kier alpha value is -1.68. The molecule has 0 aliphatic carbocycles. The van der Waals surface area contributed by atoms with Crippen LogP contribution in [0.2, 0.25) is 5.02 Å². The molecule has 0 aliphatic rings. The number of hydrogen-bond donors (Lipinski definition) is 0. The van der Waals surface area contributed by atoms with Gasteiger partial charge >= 0.3 is 0 Å². The second-order valence-corrected chi connectivity index (χ2v) is 5.08. The Kier molecular flexibility index (Phi) is 3.71. The summed E-state index contributed by atoms with van der Waals surface area (Å²) < 4.78 is 9.09. The summed E-state index contributed by atoms with van der Waals surface area (Å²) in [6, 6.07) is 5.38. The number of aryl methyl sites for hydroxylation is 2. The van der Waals surface area contributed by atoms with Gasteiger partial charge in [-0.3, -0.25) is 14.2 Å². The first-order chi connectivity index (χ1) is 8.90. The molecule has 0 radical (unpaired) electrons. The summed E-state index contributed by atoms with van der Waals surface area (Å²) in [6.07, 6.45) is 0. The van der Waals surface area contributed by atoms with Crippen molar-refractivity contribution in [2.24, 2.45) is 14.1 Å². The number of rotatable bonds is 3. The third kappa shape index (κ3) is 2.68. The Morgan fingerprint density at radius 2 is 1.79 bits per heavy atom. The first-order valence-corrected chi connectivity index (χ1v) is 6.39. The van der Waals surface area contributed by atoms with Crippen LogP contribution in [-0.2, 0) is 20.7 Å². The van der Waals surface area contributed by atoms with Gasteiger partial charge in [-0.2, -0.15) is 0 Å². The van der Waals surface area contributed by atoms with E-state index < -0.39 is 0 Å². The molecule has 1 aromatic carbocycles. The molecule has 0 saturated carbocycles. The van der Waals surface area contributed by atoms with Gasteiger partial charge in [-0.05, 0) is 37.1 Å². The van der Waals surface area contributed by atoms with Crippen LogP contribution in [0.1, 0.15) is 16.8 Å². The summed E-state index contributed by atoms with van der Waals surface area (Å²) in [5, 5.41) is 0.733. The van der Waals surface area contributed by atoms with Gasteiger partial charge in [0, 0.05) is 25.2 Å². The van der Waals surface area contributed by atoms with Crippen LogP contribution in [-0.4, -0.2) is 9.36 Å². The van der Waals surface area contributed by atoms with E-state index in [-0.39, 0.29) is 5.56 Å². The molecular formula is C14H17ClN2O2. The third-order valence-electron chi connectivity index (χ3n) is 3.31. The summed E-state index contributed by atoms with van der Waals surface area (Å²) in [5.41, 5.74) is 2.75. The first kappa shape index (κ1) is 13.7. The van der Waals surface area contributed by atoms with Crippen molar-refractivity contribution >= 4 is 11.6 Å². The molecule has 102 valence electrons. The average Bonchev–Trinajstić information content (AvgIpc) is 2.60. The average molecular weight is 281 g/mol. The summed E-state index contributed by atoms with van der Waals surface area (Å²) in [7, 11) is 3.56. The maximum absolute atomic E-state index is 11.5. The van der Waals surface area contributed by atoms with Crippen molar-refractivity contribution in [3.63, 3.8) is 0 Å². The largest absolute Gasteiger partial charge is 0.487 e. The minimum Gasteiger partial charge on any atom is -0.487 e. The van der Waals surface area contributed by atoms with Gasteiger partial charge in [-0.1, -0.05) is 11.6 Å². The molecular weight excluding hydrogens is 264 g/mol. The Morgan fingerprint density at radius 1 is 1.11 bits per heavy atom. The predicted molar refractivity (Wildman–Crippen MR) is 75.9 cm³/mol. The van der Waals surface area contributed by atoms with Crippen molar-refractivity contribution in [3.05, 3.63) is 50.4 Å². The van der Waals surface area contributed by atoms with Gasteiger partial charge < -0.3 is 4.74 Å². The molecule has 0 N–H and O–H groups in total. The fourth-order valence-corrected chi connectivity index (χ4v) is 2.08. The van der Waals surface area contributed by atoms with Gasteiger partial charge in [0.05, 0.1) is 5.69 Å². The van der Waals surface area contributed by atoms with E-state index in [1.54, 1.807) is 22.5 Å². The summed E-state index contributed by atoms with van der Waals surface area (Å²) in [5.74, 6) is 0.790. The van der Waals surface area contributed by atoms with Gasteiger partial charge in [-0.25, -0.2) is 0 Å². The van der Waals surface area contributed by atoms with Crippen molar-refractivity contribution in [2.45, 2.75) is 20.5 Å². The molecule has 0 atom stereocenters. The summed E-state index contributed by atoms with van der Waals surface area (Å²) in [6.45, 7) is 4.24. The van der Waals surface area contributed by atoms with Crippen LogP contribution in [0, 0.1) is 13.8 Å². The summed E-state index contributed by atoms with van der Waals surface area (Å²) in [4.78, 5) is 11.5. The molecule has 4 nitrogen and oxygen atoms in total. The minimum absolute atomic E-state index is 0.0369. The fourth-order valence-electron chi connectivity index (χ4n) is 1.87. The highest BCUT2D eigenvalue weighted by atomic mass is 35.5. The lowest BCUT2D eigenvalue weighted by Crippen LogP contribution is -2.17. The molecule has 1 aromatic heterocycles. The second-order valence-electron chi connectivity index (χ2n) is 4.68. The zero-order valence-electron chi connectivity index (χ0n) is 11.5. The van der Waals surface area contributed by atoms with Crippen LogP contribution in [0.4, 0.5) is 0 Å². The third-order valence-corrected chi connectivity index (χ3v) is 3.71. The molecule has 2 aromatic rings. The van der Waals surface area contributed by atoms with Crippen molar-refractivity contribution in [2.75, 3.05) is 0 Å². The number of aromatic nitrogens is 2. The lowest BCUT2D eigenvalue weighted by molar-refractivity contribution is 0.289. The highest BCUT2D eigenvalue weighted by molar-refractivity contribution is 6.31. The van der Waals surface area contributed by atoms with Crippen LogP contribution in [0.25, 0.3) is 0 Å². The molecule has 1 heterocycles. The quantitative estimate of drug-likeness (QED) is 0.866. The molecule has 0 fully saturated rings. The number of benzene rings is 1. The van der Waals surface area contributed by atoms with Crippen LogP contribution < -0.4 is 10.3 Å². The number of hydrogen-bond acceptors (Lipinski definition) is 2. The van der Waals surface area contributed by atoms with Gasteiger partial charge in [-0.15, -0.1) is 0 Å². The Bertz CT molecular complexity index is 671. The van der Waals surface area contributed by atoms with E-state index in [1.807, 2.05) is 33.0 Å². The van der Waals surface area contributed by atoms with Crippen LogP contribution in [0.5, 0.6) is 5.75 Å². The number of nitrogens with zero attached hydrogens (tertiary/aromatic N) is 2. The smallest absolute Gasteiger partial charge is 0.266 e. The van der Waals surface area contributed by atoms with Gasteiger partial charge in [0.25, 0.3) is 5.56 Å². The number of halogens is 1. The predicted octanol–water partition coefficient (Wildman–Crippen LogP) is 2.57. The highest BCUT2D eigenvalue weighted by Crippen LogP contribution is 2.26. The maximum Gasteiger partial charge on any atom is 0.266 e. The normalized spacial score (nSPS) is 10.8. The van der Waals surface area contributed by atoms with E-state index in [9.17, 15) is 4.79 Å². The van der Waals surface area contributed by atoms with Gasteiger partial charge in [0.2, 0.25) is 0 Å². The minimum atomic E-state index is -0.0369.